The maximum atomic E-state index is 12.1. The molecule has 1 rings (SSSR count). The van der Waals surface area contributed by atoms with Crippen molar-refractivity contribution >= 4 is 26.0 Å². The Morgan fingerprint density at radius 1 is 1.24 bits per heavy atom. The van der Waals surface area contributed by atoms with Gasteiger partial charge in [0.25, 0.3) is 0 Å². The standard InChI is InChI=1S/C12H16BrF3N2O2S/c13-10-4-3-9(8-17)7-11(10)21(19,20)18-6-2-1-5-12(14,15)16/h3-4,7,18H,1-2,5-6,8,17H2. The Hall–Kier alpha value is -0.640. The first-order valence-electron chi connectivity index (χ1n) is 6.20. The summed E-state index contributed by atoms with van der Waals surface area (Å²) in [5.74, 6) is 0. The van der Waals surface area contributed by atoms with Gasteiger partial charge in [-0.1, -0.05) is 6.07 Å². The summed E-state index contributed by atoms with van der Waals surface area (Å²) >= 11 is 3.14. The van der Waals surface area contributed by atoms with Gasteiger partial charge in [0.2, 0.25) is 10.0 Å². The molecule has 0 amide bonds. The Kier molecular flexibility index (Phi) is 6.64. The number of unbranched alkanes of at least 4 members (excludes halogenated alkanes) is 1. The molecular formula is C12H16BrF3N2O2S. The van der Waals surface area contributed by atoms with E-state index in [1.807, 2.05) is 0 Å². The topological polar surface area (TPSA) is 72.2 Å². The Morgan fingerprint density at radius 3 is 2.48 bits per heavy atom. The van der Waals surface area contributed by atoms with E-state index in [-0.39, 0.29) is 30.8 Å². The van der Waals surface area contributed by atoms with Crippen molar-refractivity contribution in [2.24, 2.45) is 5.73 Å². The highest BCUT2D eigenvalue weighted by Crippen LogP contribution is 2.24. The highest BCUT2D eigenvalue weighted by molar-refractivity contribution is 9.10. The van der Waals surface area contributed by atoms with Gasteiger partial charge in [-0.2, -0.15) is 13.2 Å². The Labute approximate surface area is 130 Å². The van der Waals surface area contributed by atoms with Crippen molar-refractivity contribution in [3.05, 3.63) is 28.2 Å². The summed E-state index contributed by atoms with van der Waals surface area (Å²) < 4.78 is 62.7. The zero-order valence-corrected chi connectivity index (χ0v) is 13.5. The Morgan fingerprint density at radius 2 is 1.90 bits per heavy atom. The van der Waals surface area contributed by atoms with Crippen LogP contribution >= 0.6 is 15.9 Å². The van der Waals surface area contributed by atoms with E-state index in [2.05, 4.69) is 20.7 Å². The third kappa shape index (κ3) is 6.33. The van der Waals surface area contributed by atoms with Crippen molar-refractivity contribution in [2.75, 3.05) is 6.54 Å². The number of hydrogen-bond acceptors (Lipinski definition) is 3. The van der Waals surface area contributed by atoms with Crippen LogP contribution in [0.2, 0.25) is 0 Å². The van der Waals surface area contributed by atoms with Crippen molar-refractivity contribution in [1.82, 2.24) is 4.72 Å². The van der Waals surface area contributed by atoms with E-state index >= 15 is 0 Å². The quantitative estimate of drug-likeness (QED) is 0.705. The zero-order valence-electron chi connectivity index (χ0n) is 11.1. The van der Waals surface area contributed by atoms with Crippen molar-refractivity contribution < 1.29 is 21.6 Å². The number of halogens is 4. The van der Waals surface area contributed by atoms with E-state index in [1.54, 1.807) is 12.1 Å². The lowest BCUT2D eigenvalue weighted by Gasteiger charge is -2.10. The van der Waals surface area contributed by atoms with Crippen LogP contribution in [0.4, 0.5) is 13.2 Å². The second-order valence-corrected chi connectivity index (χ2v) is 7.03. The molecule has 0 heterocycles. The minimum Gasteiger partial charge on any atom is -0.326 e. The van der Waals surface area contributed by atoms with E-state index in [9.17, 15) is 21.6 Å². The molecule has 1 aromatic carbocycles. The fraction of sp³-hybridized carbons (Fsp3) is 0.500. The molecular weight excluding hydrogens is 373 g/mol. The molecule has 0 unspecified atom stereocenters. The van der Waals surface area contributed by atoms with Crippen LogP contribution in [-0.4, -0.2) is 21.1 Å². The molecule has 4 nitrogen and oxygen atoms in total. The molecule has 0 aliphatic heterocycles. The largest absolute Gasteiger partial charge is 0.389 e. The van der Waals surface area contributed by atoms with Crippen LogP contribution in [0.1, 0.15) is 24.8 Å². The molecule has 0 aliphatic rings. The first-order chi connectivity index (χ1) is 9.65. The third-order valence-corrected chi connectivity index (χ3v) is 5.15. The van der Waals surface area contributed by atoms with Gasteiger partial charge >= 0.3 is 6.18 Å². The molecule has 3 N–H and O–H groups in total. The van der Waals surface area contributed by atoms with Crippen LogP contribution in [0, 0.1) is 0 Å². The molecule has 0 saturated heterocycles. The molecule has 1 aromatic rings. The molecule has 0 saturated carbocycles. The average molecular weight is 389 g/mol. The number of alkyl halides is 3. The Balaban J connectivity index is 2.62. The van der Waals surface area contributed by atoms with Crippen LogP contribution in [0.5, 0.6) is 0 Å². The molecule has 0 aliphatic carbocycles. The summed E-state index contributed by atoms with van der Waals surface area (Å²) in [7, 11) is -3.77. The van der Waals surface area contributed by atoms with Gasteiger partial charge in [0, 0.05) is 24.0 Å². The predicted molar refractivity (Wildman–Crippen MR) is 77.1 cm³/mol. The number of nitrogens with one attached hydrogen (secondary N) is 1. The van der Waals surface area contributed by atoms with Crippen molar-refractivity contribution in [3.63, 3.8) is 0 Å². The molecule has 9 heteroatoms. The minimum absolute atomic E-state index is 0.0290. The predicted octanol–water partition coefficient (Wildman–Crippen LogP) is 2.92. The van der Waals surface area contributed by atoms with Gasteiger partial charge in [0.05, 0.1) is 4.90 Å². The van der Waals surface area contributed by atoms with Crippen molar-refractivity contribution in [3.8, 4) is 0 Å². The summed E-state index contributed by atoms with van der Waals surface area (Å²) in [6.07, 6.45) is -5.12. The van der Waals surface area contributed by atoms with E-state index in [4.69, 9.17) is 5.73 Å². The highest BCUT2D eigenvalue weighted by atomic mass is 79.9. The van der Waals surface area contributed by atoms with Gasteiger partial charge in [0.15, 0.2) is 0 Å². The van der Waals surface area contributed by atoms with E-state index in [0.717, 1.165) is 0 Å². The van der Waals surface area contributed by atoms with Gasteiger partial charge in [0.1, 0.15) is 0 Å². The minimum atomic E-state index is -4.21. The van der Waals surface area contributed by atoms with E-state index < -0.39 is 22.6 Å². The fourth-order valence-electron chi connectivity index (χ4n) is 1.62. The van der Waals surface area contributed by atoms with Crippen LogP contribution in [0.15, 0.2) is 27.6 Å². The lowest BCUT2D eigenvalue weighted by molar-refractivity contribution is -0.135. The van der Waals surface area contributed by atoms with Gasteiger partial charge in [-0.25, -0.2) is 13.1 Å². The van der Waals surface area contributed by atoms with Crippen molar-refractivity contribution in [1.29, 1.82) is 0 Å². The van der Waals surface area contributed by atoms with Gasteiger partial charge in [-0.05, 0) is 46.5 Å². The monoisotopic (exact) mass is 388 g/mol. The smallest absolute Gasteiger partial charge is 0.326 e. The average Bonchev–Trinajstić information content (AvgIpc) is 2.37. The van der Waals surface area contributed by atoms with Gasteiger partial charge in [-0.3, -0.25) is 0 Å². The Bertz CT molecular complexity index is 576. The summed E-state index contributed by atoms with van der Waals surface area (Å²) in [6, 6.07) is 4.69. The first-order valence-corrected chi connectivity index (χ1v) is 8.48. The number of rotatable bonds is 7. The molecule has 0 fully saturated rings. The summed E-state index contributed by atoms with van der Waals surface area (Å²) in [4.78, 5) is 0.0290. The van der Waals surface area contributed by atoms with Crippen LogP contribution in [-0.2, 0) is 16.6 Å². The number of hydrogen-bond donors (Lipinski definition) is 2. The second-order valence-electron chi connectivity index (χ2n) is 4.44. The van der Waals surface area contributed by atoms with E-state index in [1.165, 1.54) is 6.07 Å². The maximum absolute atomic E-state index is 12.1. The van der Waals surface area contributed by atoms with Crippen LogP contribution in [0.3, 0.4) is 0 Å². The fourth-order valence-corrected chi connectivity index (χ4v) is 3.70. The highest BCUT2D eigenvalue weighted by Gasteiger charge is 2.26. The third-order valence-electron chi connectivity index (χ3n) is 2.70. The molecule has 21 heavy (non-hydrogen) atoms. The van der Waals surface area contributed by atoms with Gasteiger partial charge in [-0.15, -0.1) is 0 Å². The normalized spacial score (nSPS) is 12.6. The number of sulfonamides is 1. The first kappa shape index (κ1) is 18.4. The summed E-state index contributed by atoms with van der Waals surface area (Å²) in [5.41, 5.74) is 6.10. The molecule has 0 radical (unpaired) electrons. The molecule has 120 valence electrons. The molecule has 0 atom stereocenters. The van der Waals surface area contributed by atoms with Crippen LogP contribution in [0.25, 0.3) is 0 Å². The number of benzene rings is 1. The van der Waals surface area contributed by atoms with Crippen LogP contribution < -0.4 is 10.5 Å². The second kappa shape index (κ2) is 7.57. The SMILES string of the molecule is NCc1ccc(Br)c(S(=O)(=O)NCCCCC(F)(F)F)c1. The number of nitrogens with two attached hydrogens (primary N) is 1. The lowest BCUT2D eigenvalue weighted by Crippen LogP contribution is -2.25. The maximum Gasteiger partial charge on any atom is 0.389 e. The zero-order chi connectivity index (χ0) is 16.1. The molecule has 0 bridgehead atoms. The molecule has 0 spiro atoms. The molecule has 0 aromatic heterocycles. The van der Waals surface area contributed by atoms with Gasteiger partial charge < -0.3 is 5.73 Å². The van der Waals surface area contributed by atoms with Crippen molar-refractivity contribution in [2.45, 2.75) is 36.9 Å². The lowest BCUT2D eigenvalue weighted by atomic mass is 10.2. The summed E-state index contributed by atoms with van der Waals surface area (Å²) in [6.45, 7) is 0.152. The summed E-state index contributed by atoms with van der Waals surface area (Å²) in [5, 5.41) is 0. The van der Waals surface area contributed by atoms with E-state index in [0.29, 0.717) is 10.0 Å².